The van der Waals surface area contributed by atoms with Gasteiger partial charge >= 0.3 is 0 Å². The Morgan fingerprint density at radius 3 is 2.62 bits per heavy atom. The third-order valence-corrected chi connectivity index (χ3v) is 4.20. The molecule has 0 radical (unpaired) electrons. The van der Waals surface area contributed by atoms with Crippen molar-refractivity contribution in [1.29, 1.82) is 0 Å². The van der Waals surface area contributed by atoms with Gasteiger partial charge < -0.3 is 10.5 Å². The van der Waals surface area contributed by atoms with Crippen LogP contribution < -0.4 is 5.73 Å². The lowest BCUT2D eigenvalue weighted by Crippen LogP contribution is -2.31. The number of hydrogen-bond acceptors (Lipinski definition) is 3. The summed E-state index contributed by atoms with van der Waals surface area (Å²) >= 11 is 1.98. The van der Waals surface area contributed by atoms with Gasteiger partial charge in [0.05, 0.1) is 5.60 Å². The van der Waals surface area contributed by atoms with Crippen molar-refractivity contribution in [3.8, 4) is 0 Å². The normalized spacial score (nSPS) is 29.5. The van der Waals surface area contributed by atoms with Crippen LogP contribution in [0.4, 0.5) is 0 Å². The standard InChI is InChI=1S/C10H21NOS/c1-10(2,12-3)5-4-8-6-13-7-9(8)11/h8-9H,4-7,11H2,1-3H3. The van der Waals surface area contributed by atoms with E-state index >= 15 is 0 Å². The smallest absolute Gasteiger partial charge is 0.0622 e. The molecule has 0 aromatic rings. The molecule has 1 saturated heterocycles. The highest BCUT2D eigenvalue weighted by Crippen LogP contribution is 2.29. The van der Waals surface area contributed by atoms with Crippen molar-refractivity contribution < 1.29 is 4.74 Å². The zero-order valence-electron chi connectivity index (χ0n) is 8.88. The summed E-state index contributed by atoms with van der Waals surface area (Å²) < 4.78 is 5.39. The molecule has 3 heteroatoms. The molecule has 0 aliphatic carbocycles. The van der Waals surface area contributed by atoms with E-state index in [1.807, 2.05) is 11.8 Å². The number of hydrogen-bond donors (Lipinski definition) is 1. The zero-order valence-corrected chi connectivity index (χ0v) is 9.69. The van der Waals surface area contributed by atoms with Crippen LogP contribution >= 0.6 is 11.8 Å². The molecule has 0 amide bonds. The van der Waals surface area contributed by atoms with Crippen LogP contribution in [-0.2, 0) is 4.74 Å². The van der Waals surface area contributed by atoms with Gasteiger partial charge in [-0.1, -0.05) is 0 Å². The summed E-state index contributed by atoms with van der Waals surface area (Å²) in [6, 6.07) is 0.414. The first kappa shape index (κ1) is 11.3. The van der Waals surface area contributed by atoms with E-state index in [4.69, 9.17) is 10.5 Å². The highest BCUT2D eigenvalue weighted by atomic mass is 32.2. The van der Waals surface area contributed by atoms with Gasteiger partial charge in [0.1, 0.15) is 0 Å². The van der Waals surface area contributed by atoms with Gasteiger partial charge in [0.25, 0.3) is 0 Å². The Labute approximate surface area is 85.6 Å². The van der Waals surface area contributed by atoms with E-state index in [9.17, 15) is 0 Å². The molecule has 1 heterocycles. The van der Waals surface area contributed by atoms with E-state index in [2.05, 4.69) is 13.8 Å². The number of ether oxygens (including phenoxy) is 1. The molecule has 1 fully saturated rings. The molecule has 0 spiro atoms. The van der Waals surface area contributed by atoms with Crippen molar-refractivity contribution in [2.24, 2.45) is 11.7 Å². The van der Waals surface area contributed by atoms with Gasteiger partial charge in [-0.3, -0.25) is 0 Å². The summed E-state index contributed by atoms with van der Waals surface area (Å²) in [5.41, 5.74) is 6.01. The third kappa shape index (κ3) is 3.49. The molecule has 0 bridgehead atoms. The van der Waals surface area contributed by atoms with Crippen LogP contribution in [-0.4, -0.2) is 30.3 Å². The number of thioether (sulfide) groups is 1. The molecular weight excluding hydrogens is 182 g/mol. The molecule has 0 saturated carbocycles. The summed E-state index contributed by atoms with van der Waals surface area (Å²) in [6.07, 6.45) is 2.32. The van der Waals surface area contributed by atoms with Gasteiger partial charge in [-0.05, 0) is 38.4 Å². The lowest BCUT2D eigenvalue weighted by molar-refractivity contribution is 0.0107. The predicted molar refractivity (Wildman–Crippen MR) is 59.1 cm³/mol. The van der Waals surface area contributed by atoms with Gasteiger partial charge in [-0.15, -0.1) is 0 Å². The largest absolute Gasteiger partial charge is 0.379 e. The molecular formula is C10H21NOS. The summed E-state index contributed by atoms with van der Waals surface area (Å²) in [6.45, 7) is 4.28. The Kier molecular flexibility index (Phi) is 4.07. The average Bonchev–Trinajstić information content (AvgIpc) is 2.48. The van der Waals surface area contributed by atoms with Gasteiger partial charge in [0.2, 0.25) is 0 Å². The van der Waals surface area contributed by atoms with Crippen molar-refractivity contribution in [1.82, 2.24) is 0 Å². The van der Waals surface area contributed by atoms with Crippen LogP contribution in [0.15, 0.2) is 0 Å². The Balaban J connectivity index is 2.25. The van der Waals surface area contributed by atoms with Crippen molar-refractivity contribution in [3.63, 3.8) is 0 Å². The van der Waals surface area contributed by atoms with Crippen LogP contribution in [0.2, 0.25) is 0 Å². The molecule has 1 rings (SSSR count). The van der Waals surface area contributed by atoms with Gasteiger partial charge in [-0.2, -0.15) is 11.8 Å². The Morgan fingerprint density at radius 1 is 1.46 bits per heavy atom. The van der Waals surface area contributed by atoms with Gasteiger partial charge in [0, 0.05) is 18.9 Å². The maximum absolute atomic E-state index is 5.99. The molecule has 13 heavy (non-hydrogen) atoms. The van der Waals surface area contributed by atoms with E-state index in [0.29, 0.717) is 12.0 Å². The second kappa shape index (κ2) is 4.67. The average molecular weight is 203 g/mol. The van der Waals surface area contributed by atoms with Crippen LogP contribution in [0.3, 0.4) is 0 Å². The second-order valence-corrected chi connectivity index (χ2v) is 5.54. The first-order valence-corrected chi connectivity index (χ1v) is 6.09. The maximum atomic E-state index is 5.99. The highest BCUT2D eigenvalue weighted by molar-refractivity contribution is 7.99. The third-order valence-electron chi connectivity index (χ3n) is 2.92. The first-order valence-electron chi connectivity index (χ1n) is 4.93. The zero-order chi connectivity index (χ0) is 9.90. The Morgan fingerprint density at radius 2 is 2.15 bits per heavy atom. The van der Waals surface area contributed by atoms with E-state index in [0.717, 1.165) is 12.2 Å². The number of nitrogens with two attached hydrogens (primary N) is 1. The molecule has 1 aliphatic heterocycles. The van der Waals surface area contributed by atoms with Crippen LogP contribution in [0.25, 0.3) is 0 Å². The van der Waals surface area contributed by atoms with E-state index < -0.39 is 0 Å². The minimum absolute atomic E-state index is 0.0208. The van der Waals surface area contributed by atoms with Crippen molar-refractivity contribution in [2.45, 2.75) is 38.3 Å². The highest BCUT2D eigenvalue weighted by Gasteiger charge is 2.26. The van der Waals surface area contributed by atoms with E-state index in [1.54, 1.807) is 7.11 Å². The maximum Gasteiger partial charge on any atom is 0.0622 e. The fourth-order valence-corrected chi connectivity index (χ4v) is 2.94. The summed E-state index contributed by atoms with van der Waals surface area (Å²) in [5, 5.41) is 0. The van der Waals surface area contributed by atoms with E-state index in [1.165, 1.54) is 12.2 Å². The van der Waals surface area contributed by atoms with Crippen molar-refractivity contribution in [2.75, 3.05) is 18.6 Å². The Hall–Kier alpha value is 0.270. The lowest BCUT2D eigenvalue weighted by atomic mass is 9.92. The fourth-order valence-electron chi connectivity index (χ4n) is 1.55. The lowest BCUT2D eigenvalue weighted by Gasteiger charge is -2.25. The molecule has 2 unspecified atom stereocenters. The van der Waals surface area contributed by atoms with Crippen LogP contribution in [0.5, 0.6) is 0 Å². The molecule has 78 valence electrons. The summed E-state index contributed by atoms with van der Waals surface area (Å²) in [4.78, 5) is 0. The number of rotatable bonds is 4. The molecule has 0 aromatic carbocycles. The minimum Gasteiger partial charge on any atom is -0.379 e. The molecule has 1 aliphatic rings. The van der Waals surface area contributed by atoms with Crippen LogP contribution in [0.1, 0.15) is 26.7 Å². The SMILES string of the molecule is COC(C)(C)CCC1CSCC1N. The predicted octanol–water partition coefficient (Wildman–Crippen LogP) is 1.88. The first-order chi connectivity index (χ1) is 6.05. The van der Waals surface area contributed by atoms with Crippen molar-refractivity contribution in [3.05, 3.63) is 0 Å². The quantitative estimate of drug-likeness (QED) is 0.758. The fraction of sp³-hybridized carbons (Fsp3) is 1.00. The molecule has 2 N–H and O–H groups in total. The van der Waals surface area contributed by atoms with E-state index in [-0.39, 0.29) is 5.60 Å². The van der Waals surface area contributed by atoms with Crippen LogP contribution in [0, 0.1) is 5.92 Å². The molecule has 0 aromatic heterocycles. The van der Waals surface area contributed by atoms with Gasteiger partial charge in [0.15, 0.2) is 0 Å². The monoisotopic (exact) mass is 203 g/mol. The number of methoxy groups -OCH3 is 1. The second-order valence-electron chi connectivity index (χ2n) is 4.46. The van der Waals surface area contributed by atoms with Crippen molar-refractivity contribution >= 4 is 11.8 Å². The molecule has 2 nitrogen and oxygen atoms in total. The van der Waals surface area contributed by atoms with Gasteiger partial charge in [-0.25, -0.2) is 0 Å². The molecule has 2 atom stereocenters. The minimum atomic E-state index is 0.0208. The Bertz CT molecular complexity index is 161. The summed E-state index contributed by atoms with van der Waals surface area (Å²) in [7, 11) is 1.78. The topological polar surface area (TPSA) is 35.2 Å². The summed E-state index contributed by atoms with van der Waals surface area (Å²) in [5.74, 6) is 3.08.